The second kappa shape index (κ2) is 6.72. The average Bonchev–Trinajstić information content (AvgIpc) is 2.30. The van der Waals surface area contributed by atoms with Crippen LogP contribution in [0.4, 0.5) is 4.39 Å². The number of halogens is 2. The lowest BCUT2D eigenvalue weighted by Gasteiger charge is -2.17. The molecule has 0 saturated carbocycles. The van der Waals surface area contributed by atoms with Crippen molar-refractivity contribution in [2.45, 2.75) is 20.3 Å². The molecule has 17 heavy (non-hydrogen) atoms. The van der Waals surface area contributed by atoms with Gasteiger partial charge in [0.05, 0.1) is 5.56 Å². The van der Waals surface area contributed by atoms with Crippen LogP contribution >= 0.6 is 11.6 Å². The molecule has 4 heteroatoms. The lowest BCUT2D eigenvalue weighted by molar-refractivity contribution is 0.0962. The molecule has 1 aromatic carbocycles. The molecule has 0 radical (unpaired) electrons. The first-order chi connectivity index (χ1) is 8.08. The van der Waals surface area contributed by atoms with E-state index in [1.165, 1.54) is 18.2 Å². The van der Waals surface area contributed by atoms with Crippen LogP contribution in [0.15, 0.2) is 18.2 Å². The maximum Gasteiger partial charge on any atom is 0.167 e. The highest BCUT2D eigenvalue weighted by Gasteiger charge is 2.12. The summed E-state index contributed by atoms with van der Waals surface area (Å²) < 4.78 is 13.5. The predicted octanol–water partition coefficient (Wildman–Crippen LogP) is 3.39. The van der Waals surface area contributed by atoms with Crippen LogP contribution in [0.25, 0.3) is 0 Å². The van der Waals surface area contributed by atoms with Crippen molar-refractivity contribution in [2.24, 2.45) is 0 Å². The zero-order valence-electron chi connectivity index (χ0n) is 10.2. The lowest BCUT2D eigenvalue weighted by atomic mass is 10.1. The van der Waals surface area contributed by atoms with Crippen molar-refractivity contribution in [1.82, 2.24) is 4.90 Å². The first-order valence-electron chi connectivity index (χ1n) is 5.79. The van der Waals surface area contributed by atoms with Crippen molar-refractivity contribution in [2.75, 3.05) is 19.6 Å². The van der Waals surface area contributed by atoms with Gasteiger partial charge in [-0.15, -0.1) is 0 Å². The minimum Gasteiger partial charge on any atom is -0.303 e. The molecule has 1 aromatic rings. The lowest BCUT2D eigenvalue weighted by Crippen LogP contribution is -2.25. The highest BCUT2D eigenvalue weighted by molar-refractivity contribution is 6.30. The Morgan fingerprint density at radius 1 is 1.35 bits per heavy atom. The number of ketones is 1. The Bertz CT molecular complexity index is 391. The van der Waals surface area contributed by atoms with Gasteiger partial charge in [0.1, 0.15) is 5.82 Å². The maximum absolute atomic E-state index is 13.5. The Balaban J connectivity index is 2.64. The summed E-state index contributed by atoms with van der Waals surface area (Å²) in [6.07, 6.45) is 0.334. The van der Waals surface area contributed by atoms with Gasteiger partial charge in [0.2, 0.25) is 0 Å². The van der Waals surface area contributed by atoms with Crippen molar-refractivity contribution >= 4 is 17.4 Å². The quantitative estimate of drug-likeness (QED) is 0.728. The van der Waals surface area contributed by atoms with Crippen LogP contribution in [0.1, 0.15) is 30.6 Å². The molecule has 0 aliphatic heterocycles. The normalized spacial score (nSPS) is 10.9. The molecular weight excluding hydrogens is 241 g/mol. The molecule has 0 aliphatic carbocycles. The number of rotatable bonds is 6. The standard InChI is InChI=1S/C13H17ClFNO/c1-3-16(4-2)8-7-13(17)11-6-5-10(14)9-12(11)15/h5-6,9H,3-4,7-8H2,1-2H3. The third-order valence-electron chi connectivity index (χ3n) is 2.78. The highest BCUT2D eigenvalue weighted by Crippen LogP contribution is 2.16. The smallest absolute Gasteiger partial charge is 0.167 e. The Kier molecular flexibility index (Phi) is 5.59. The molecule has 0 amide bonds. The molecule has 94 valence electrons. The fourth-order valence-electron chi connectivity index (χ4n) is 1.65. The Morgan fingerprint density at radius 2 is 2.00 bits per heavy atom. The first-order valence-corrected chi connectivity index (χ1v) is 6.16. The van der Waals surface area contributed by atoms with Gasteiger partial charge in [-0.05, 0) is 31.3 Å². The van der Waals surface area contributed by atoms with Crippen LogP contribution in [0, 0.1) is 5.82 Å². The average molecular weight is 258 g/mol. The van der Waals surface area contributed by atoms with E-state index in [4.69, 9.17) is 11.6 Å². The summed E-state index contributed by atoms with van der Waals surface area (Å²) in [5.74, 6) is -0.715. The van der Waals surface area contributed by atoms with E-state index < -0.39 is 5.82 Å². The number of hydrogen-bond acceptors (Lipinski definition) is 2. The van der Waals surface area contributed by atoms with E-state index in [1.807, 2.05) is 13.8 Å². The van der Waals surface area contributed by atoms with E-state index in [9.17, 15) is 9.18 Å². The van der Waals surface area contributed by atoms with E-state index in [2.05, 4.69) is 4.90 Å². The van der Waals surface area contributed by atoms with Crippen molar-refractivity contribution < 1.29 is 9.18 Å². The summed E-state index contributed by atoms with van der Waals surface area (Å²) in [5, 5.41) is 0.308. The van der Waals surface area contributed by atoms with E-state index in [0.29, 0.717) is 18.0 Å². The first kappa shape index (κ1) is 14.1. The molecular formula is C13H17ClFNO. The van der Waals surface area contributed by atoms with Gasteiger partial charge >= 0.3 is 0 Å². The number of carbonyl (C=O) groups is 1. The minimum atomic E-state index is -0.540. The van der Waals surface area contributed by atoms with Crippen LogP contribution in [0.5, 0.6) is 0 Å². The van der Waals surface area contributed by atoms with Gasteiger partial charge in [-0.25, -0.2) is 4.39 Å². The molecule has 0 saturated heterocycles. The van der Waals surface area contributed by atoms with Crippen LogP contribution in [0.3, 0.4) is 0 Å². The summed E-state index contributed by atoms with van der Waals surface area (Å²) in [5.41, 5.74) is 0.126. The zero-order valence-corrected chi connectivity index (χ0v) is 10.9. The van der Waals surface area contributed by atoms with Gasteiger partial charge in [-0.1, -0.05) is 25.4 Å². The van der Waals surface area contributed by atoms with Crippen LogP contribution in [0.2, 0.25) is 5.02 Å². The van der Waals surface area contributed by atoms with E-state index in [0.717, 1.165) is 13.1 Å². The Morgan fingerprint density at radius 3 is 2.53 bits per heavy atom. The zero-order chi connectivity index (χ0) is 12.8. The number of benzene rings is 1. The second-order valence-corrected chi connectivity index (χ2v) is 4.26. The number of hydrogen-bond donors (Lipinski definition) is 0. The molecule has 0 N–H and O–H groups in total. The summed E-state index contributed by atoms with van der Waals surface area (Å²) in [6, 6.07) is 4.16. The van der Waals surface area contributed by atoms with Crippen molar-refractivity contribution in [3.8, 4) is 0 Å². The van der Waals surface area contributed by atoms with Gasteiger partial charge in [0, 0.05) is 18.0 Å². The van der Waals surface area contributed by atoms with Crippen molar-refractivity contribution in [3.05, 3.63) is 34.6 Å². The van der Waals surface area contributed by atoms with E-state index in [1.54, 1.807) is 0 Å². The van der Waals surface area contributed by atoms with E-state index >= 15 is 0 Å². The van der Waals surface area contributed by atoms with Crippen LogP contribution in [-0.2, 0) is 0 Å². The molecule has 0 fully saturated rings. The molecule has 0 unspecified atom stereocenters. The number of nitrogens with zero attached hydrogens (tertiary/aromatic N) is 1. The highest BCUT2D eigenvalue weighted by atomic mass is 35.5. The van der Waals surface area contributed by atoms with Gasteiger partial charge in [0.25, 0.3) is 0 Å². The van der Waals surface area contributed by atoms with Gasteiger partial charge in [-0.3, -0.25) is 4.79 Å². The third kappa shape index (κ3) is 4.10. The minimum absolute atomic E-state index is 0.126. The molecule has 0 aromatic heterocycles. The predicted molar refractivity (Wildman–Crippen MR) is 68.1 cm³/mol. The van der Waals surface area contributed by atoms with E-state index in [-0.39, 0.29) is 11.3 Å². The Labute approximate surface area is 106 Å². The molecule has 0 atom stereocenters. The van der Waals surface area contributed by atoms with Gasteiger partial charge in [-0.2, -0.15) is 0 Å². The van der Waals surface area contributed by atoms with Crippen LogP contribution in [-0.4, -0.2) is 30.3 Å². The van der Waals surface area contributed by atoms with Crippen LogP contribution < -0.4 is 0 Å². The summed E-state index contributed by atoms with van der Waals surface area (Å²) in [6.45, 7) is 6.53. The topological polar surface area (TPSA) is 20.3 Å². The Hall–Kier alpha value is -0.930. The van der Waals surface area contributed by atoms with Gasteiger partial charge < -0.3 is 4.90 Å². The van der Waals surface area contributed by atoms with Crippen molar-refractivity contribution in [1.29, 1.82) is 0 Å². The second-order valence-electron chi connectivity index (χ2n) is 3.82. The summed E-state index contributed by atoms with van der Waals surface area (Å²) in [7, 11) is 0. The molecule has 0 heterocycles. The number of carbonyl (C=O) groups excluding carboxylic acids is 1. The SMILES string of the molecule is CCN(CC)CCC(=O)c1ccc(Cl)cc1F. The number of Topliss-reactive ketones (excluding diaryl/α,β-unsaturated/α-hetero) is 1. The third-order valence-corrected chi connectivity index (χ3v) is 3.02. The van der Waals surface area contributed by atoms with Gasteiger partial charge in [0.15, 0.2) is 5.78 Å². The maximum atomic E-state index is 13.5. The fraction of sp³-hybridized carbons (Fsp3) is 0.462. The summed E-state index contributed by atoms with van der Waals surface area (Å²) in [4.78, 5) is 13.9. The molecule has 2 nitrogen and oxygen atoms in total. The van der Waals surface area contributed by atoms with Crippen molar-refractivity contribution in [3.63, 3.8) is 0 Å². The molecule has 0 aliphatic rings. The monoisotopic (exact) mass is 257 g/mol. The molecule has 1 rings (SSSR count). The fourth-order valence-corrected chi connectivity index (χ4v) is 1.81. The summed E-state index contributed by atoms with van der Waals surface area (Å²) >= 11 is 5.63. The molecule has 0 spiro atoms. The molecule has 0 bridgehead atoms. The largest absolute Gasteiger partial charge is 0.303 e.